The number of hydrogen-bond acceptors (Lipinski definition) is 3. The Morgan fingerprint density at radius 3 is 2.96 bits per heavy atom. The molecule has 1 atom stereocenters. The van der Waals surface area contributed by atoms with Gasteiger partial charge < -0.3 is 15.0 Å². The van der Waals surface area contributed by atoms with Gasteiger partial charge in [0, 0.05) is 13.1 Å². The van der Waals surface area contributed by atoms with Crippen molar-refractivity contribution in [3.8, 4) is 0 Å². The van der Waals surface area contributed by atoms with Crippen molar-refractivity contribution in [1.82, 2.24) is 9.88 Å². The van der Waals surface area contributed by atoms with E-state index in [2.05, 4.69) is 5.32 Å². The molecule has 0 fully saturated rings. The fraction of sp³-hybridized carbons (Fsp3) is 0.235. The summed E-state index contributed by atoms with van der Waals surface area (Å²) in [6, 6.07) is 10.1. The van der Waals surface area contributed by atoms with Crippen molar-refractivity contribution in [2.75, 3.05) is 6.54 Å². The molecule has 3 aromatic rings. The van der Waals surface area contributed by atoms with Gasteiger partial charge in [0.15, 0.2) is 0 Å². The summed E-state index contributed by atoms with van der Waals surface area (Å²) in [7, 11) is 0. The van der Waals surface area contributed by atoms with Gasteiger partial charge in [-0.2, -0.15) is 0 Å². The standard InChI is InChI=1S/C17H17FN2O2S/c1-11(21)9-19-17(22)15-8-16-14(5-6-23-16)20(15)10-12-3-2-4-13(18)7-12/h2-8,11,21H,9-10H2,1H3,(H,19,22)/t11-/m1/s1. The quantitative estimate of drug-likeness (QED) is 0.755. The normalized spacial score (nSPS) is 12.5. The van der Waals surface area contributed by atoms with Gasteiger partial charge in [0.2, 0.25) is 0 Å². The van der Waals surface area contributed by atoms with Crippen LogP contribution in [-0.4, -0.2) is 28.2 Å². The van der Waals surface area contributed by atoms with Crippen molar-refractivity contribution in [2.24, 2.45) is 0 Å². The van der Waals surface area contributed by atoms with Crippen LogP contribution < -0.4 is 5.32 Å². The zero-order valence-corrected chi connectivity index (χ0v) is 13.4. The van der Waals surface area contributed by atoms with E-state index in [0.717, 1.165) is 15.8 Å². The molecule has 6 heteroatoms. The lowest BCUT2D eigenvalue weighted by Gasteiger charge is -2.12. The first kappa shape index (κ1) is 15.7. The number of halogens is 1. The number of carbonyl (C=O) groups excluding carboxylic acids is 1. The van der Waals surface area contributed by atoms with E-state index in [1.54, 1.807) is 24.3 Å². The van der Waals surface area contributed by atoms with Gasteiger partial charge in [0.25, 0.3) is 5.91 Å². The second-order valence-electron chi connectivity index (χ2n) is 5.47. The zero-order chi connectivity index (χ0) is 16.4. The Labute approximate surface area is 137 Å². The first-order chi connectivity index (χ1) is 11.0. The fourth-order valence-electron chi connectivity index (χ4n) is 2.48. The molecule has 1 amide bonds. The number of amides is 1. The highest BCUT2D eigenvalue weighted by molar-refractivity contribution is 7.17. The predicted molar refractivity (Wildman–Crippen MR) is 89.3 cm³/mol. The number of benzene rings is 1. The summed E-state index contributed by atoms with van der Waals surface area (Å²) in [5, 5.41) is 14.0. The third-order valence-electron chi connectivity index (χ3n) is 3.54. The largest absolute Gasteiger partial charge is 0.392 e. The van der Waals surface area contributed by atoms with Crippen LogP contribution in [0.3, 0.4) is 0 Å². The van der Waals surface area contributed by atoms with Crippen LogP contribution in [0.15, 0.2) is 41.8 Å². The zero-order valence-electron chi connectivity index (χ0n) is 12.6. The van der Waals surface area contributed by atoms with E-state index in [1.807, 2.05) is 28.1 Å². The highest BCUT2D eigenvalue weighted by Crippen LogP contribution is 2.26. The van der Waals surface area contributed by atoms with E-state index >= 15 is 0 Å². The number of aliphatic hydroxyl groups is 1. The maximum absolute atomic E-state index is 13.4. The molecule has 23 heavy (non-hydrogen) atoms. The van der Waals surface area contributed by atoms with Crippen LogP contribution in [-0.2, 0) is 6.54 Å². The predicted octanol–water partition coefficient (Wildman–Crippen LogP) is 3.00. The van der Waals surface area contributed by atoms with Gasteiger partial charge in [-0.3, -0.25) is 4.79 Å². The minimum Gasteiger partial charge on any atom is -0.392 e. The minimum atomic E-state index is -0.605. The Morgan fingerprint density at radius 1 is 1.39 bits per heavy atom. The van der Waals surface area contributed by atoms with Gasteiger partial charge >= 0.3 is 0 Å². The Balaban J connectivity index is 1.95. The first-order valence-corrected chi connectivity index (χ1v) is 8.20. The molecule has 0 aliphatic rings. The summed E-state index contributed by atoms with van der Waals surface area (Å²) < 4.78 is 16.3. The van der Waals surface area contributed by atoms with Gasteiger partial charge in [-0.1, -0.05) is 12.1 Å². The van der Waals surface area contributed by atoms with Crippen molar-refractivity contribution in [1.29, 1.82) is 0 Å². The molecule has 0 bridgehead atoms. The fourth-order valence-corrected chi connectivity index (χ4v) is 3.31. The average Bonchev–Trinajstić information content (AvgIpc) is 3.07. The molecule has 2 N–H and O–H groups in total. The number of aromatic nitrogens is 1. The van der Waals surface area contributed by atoms with Crippen LogP contribution in [0.1, 0.15) is 23.0 Å². The molecule has 3 rings (SSSR count). The van der Waals surface area contributed by atoms with E-state index in [9.17, 15) is 14.3 Å². The second kappa shape index (κ2) is 6.52. The number of nitrogens with zero attached hydrogens (tertiary/aromatic N) is 1. The van der Waals surface area contributed by atoms with Crippen LogP contribution in [0.4, 0.5) is 4.39 Å². The van der Waals surface area contributed by atoms with Crippen LogP contribution >= 0.6 is 11.3 Å². The lowest BCUT2D eigenvalue weighted by atomic mass is 10.2. The number of thiophene rings is 1. The molecule has 0 spiro atoms. The van der Waals surface area contributed by atoms with Crippen molar-refractivity contribution < 1.29 is 14.3 Å². The second-order valence-corrected chi connectivity index (χ2v) is 6.42. The molecule has 1 aromatic carbocycles. The minimum absolute atomic E-state index is 0.192. The molecule has 2 heterocycles. The molecular weight excluding hydrogens is 315 g/mol. The highest BCUT2D eigenvalue weighted by atomic mass is 32.1. The molecule has 0 saturated carbocycles. The molecule has 0 radical (unpaired) electrons. The van der Waals surface area contributed by atoms with Crippen molar-refractivity contribution >= 4 is 27.5 Å². The lowest BCUT2D eigenvalue weighted by molar-refractivity contribution is 0.0915. The van der Waals surface area contributed by atoms with E-state index in [-0.39, 0.29) is 18.3 Å². The summed E-state index contributed by atoms with van der Waals surface area (Å²) in [4.78, 5) is 12.4. The summed E-state index contributed by atoms with van der Waals surface area (Å²) in [6.07, 6.45) is -0.605. The van der Waals surface area contributed by atoms with Crippen LogP contribution in [0, 0.1) is 5.82 Å². The van der Waals surface area contributed by atoms with Crippen LogP contribution in [0.25, 0.3) is 10.2 Å². The topological polar surface area (TPSA) is 54.3 Å². The Hall–Kier alpha value is -2.18. The van der Waals surface area contributed by atoms with Gasteiger partial charge in [0.05, 0.1) is 16.3 Å². The van der Waals surface area contributed by atoms with Gasteiger partial charge in [-0.15, -0.1) is 11.3 Å². The van der Waals surface area contributed by atoms with Crippen molar-refractivity contribution in [3.63, 3.8) is 0 Å². The Morgan fingerprint density at radius 2 is 2.22 bits per heavy atom. The number of carbonyl (C=O) groups is 1. The average molecular weight is 332 g/mol. The number of hydrogen-bond donors (Lipinski definition) is 2. The molecule has 4 nitrogen and oxygen atoms in total. The lowest BCUT2D eigenvalue weighted by Crippen LogP contribution is -2.32. The van der Waals surface area contributed by atoms with Crippen LogP contribution in [0.2, 0.25) is 0 Å². The summed E-state index contributed by atoms with van der Waals surface area (Å²) in [6.45, 7) is 2.22. The third kappa shape index (κ3) is 3.43. The summed E-state index contributed by atoms with van der Waals surface area (Å²) in [5.74, 6) is -0.540. The number of fused-ring (bicyclic) bond motifs is 1. The molecule has 0 aliphatic carbocycles. The van der Waals surface area contributed by atoms with E-state index in [0.29, 0.717) is 12.2 Å². The first-order valence-electron chi connectivity index (χ1n) is 7.32. The number of rotatable bonds is 5. The van der Waals surface area contributed by atoms with Gasteiger partial charge in [-0.05, 0) is 42.1 Å². The van der Waals surface area contributed by atoms with E-state index in [1.165, 1.54) is 12.1 Å². The van der Waals surface area contributed by atoms with Crippen molar-refractivity contribution in [3.05, 3.63) is 58.9 Å². The van der Waals surface area contributed by atoms with E-state index in [4.69, 9.17) is 0 Å². The molecule has 0 saturated heterocycles. The smallest absolute Gasteiger partial charge is 0.268 e. The maximum atomic E-state index is 13.4. The Bertz CT molecular complexity index is 838. The monoisotopic (exact) mass is 332 g/mol. The highest BCUT2D eigenvalue weighted by Gasteiger charge is 2.17. The Kier molecular flexibility index (Phi) is 4.45. The molecular formula is C17H17FN2O2S. The van der Waals surface area contributed by atoms with E-state index < -0.39 is 6.10 Å². The number of nitrogens with one attached hydrogen (secondary N) is 1. The van der Waals surface area contributed by atoms with Gasteiger partial charge in [-0.25, -0.2) is 4.39 Å². The molecule has 2 aromatic heterocycles. The maximum Gasteiger partial charge on any atom is 0.268 e. The SMILES string of the molecule is C[C@@H](O)CNC(=O)c1cc2sccc2n1Cc1cccc(F)c1. The molecule has 120 valence electrons. The summed E-state index contributed by atoms with van der Waals surface area (Å²) >= 11 is 1.55. The molecule has 0 unspecified atom stereocenters. The van der Waals surface area contributed by atoms with Crippen LogP contribution in [0.5, 0.6) is 0 Å². The van der Waals surface area contributed by atoms with Crippen molar-refractivity contribution in [2.45, 2.75) is 19.6 Å². The third-order valence-corrected chi connectivity index (χ3v) is 4.40. The van der Waals surface area contributed by atoms with Gasteiger partial charge in [0.1, 0.15) is 11.5 Å². The molecule has 0 aliphatic heterocycles. The number of aliphatic hydroxyl groups excluding tert-OH is 1. The summed E-state index contributed by atoms with van der Waals surface area (Å²) in [5.41, 5.74) is 2.25.